The highest BCUT2D eigenvalue weighted by atomic mass is 16.4. The molecule has 1 atom stereocenters. The maximum Gasteiger partial charge on any atom is 0.326 e. The Balaban J connectivity index is 2.65. The number of carbonyl (C=O) groups is 3. The van der Waals surface area contributed by atoms with Crippen molar-refractivity contribution < 1.29 is 19.5 Å². The van der Waals surface area contributed by atoms with E-state index in [4.69, 9.17) is 16.6 Å². The van der Waals surface area contributed by atoms with Crippen LogP contribution in [0.3, 0.4) is 0 Å². The smallest absolute Gasteiger partial charge is 0.326 e. The van der Waals surface area contributed by atoms with Gasteiger partial charge in [0.2, 0.25) is 11.8 Å². The Kier molecular flexibility index (Phi) is 5.29. The Bertz CT molecular complexity index is 364. The molecule has 1 fully saturated rings. The summed E-state index contributed by atoms with van der Waals surface area (Å²) in [6.45, 7) is 0.209. The van der Waals surface area contributed by atoms with Crippen LogP contribution in [0.4, 0.5) is 0 Å². The van der Waals surface area contributed by atoms with Crippen molar-refractivity contribution in [2.24, 2.45) is 16.9 Å². The van der Waals surface area contributed by atoms with Gasteiger partial charge in [-0.25, -0.2) is 4.79 Å². The summed E-state index contributed by atoms with van der Waals surface area (Å²) in [6, 6.07) is -1.09. The van der Waals surface area contributed by atoms with Crippen LogP contribution in [-0.4, -0.2) is 35.5 Å². The Morgan fingerprint density at radius 3 is 2.26 bits per heavy atom. The zero-order valence-electron chi connectivity index (χ0n) is 10.9. The van der Waals surface area contributed by atoms with Crippen molar-refractivity contribution in [1.82, 2.24) is 5.32 Å². The van der Waals surface area contributed by atoms with Gasteiger partial charge in [0.25, 0.3) is 0 Å². The molecule has 7 nitrogen and oxygen atoms in total. The summed E-state index contributed by atoms with van der Waals surface area (Å²) in [5.41, 5.74) is 9.99. The van der Waals surface area contributed by atoms with Crippen LogP contribution in [0.5, 0.6) is 0 Å². The van der Waals surface area contributed by atoms with Crippen LogP contribution < -0.4 is 16.8 Å². The average Bonchev–Trinajstić information content (AvgIpc) is 2.83. The fourth-order valence-corrected chi connectivity index (χ4v) is 2.43. The number of aliphatic carboxylic acids is 1. The van der Waals surface area contributed by atoms with E-state index in [1.807, 2.05) is 0 Å². The van der Waals surface area contributed by atoms with E-state index in [-0.39, 0.29) is 25.3 Å². The lowest BCUT2D eigenvalue weighted by Crippen LogP contribution is -2.50. The van der Waals surface area contributed by atoms with E-state index < -0.39 is 23.3 Å². The predicted molar refractivity (Wildman–Crippen MR) is 68.0 cm³/mol. The van der Waals surface area contributed by atoms with E-state index in [1.54, 1.807) is 0 Å². The molecule has 2 amide bonds. The van der Waals surface area contributed by atoms with Gasteiger partial charge in [-0.1, -0.05) is 12.8 Å². The lowest BCUT2D eigenvalue weighted by molar-refractivity contribution is -0.144. The van der Waals surface area contributed by atoms with E-state index >= 15 is 0 Å². The van der Waals surface area contributed by atoms with Crippen LogP contribution in [-0.2, 0) is 14.4 Å². The molecule has 0 saturated heterocycles. The lowest BCUT2D eigenvalue weighted by atomic mass is 9.85. The number of rotatable bonds is 7. The van der Waals surface area contributed by atoms with Gasteiger partial charge in [0.1, 0.15) is 6.04 Å². The molecule has 1 aliphatic rings. The van der Waals surface area contributed by atoms with Crippen LogP contribution in [0.25, 0.3) is 0 Å². The number of hydrogen-bond donors (Lipinski definition) is 4. The van der Waals surface area contributed by atoms with Crippen LogP contribution in [0, 0.1) is 5.41 Å². The van der Waals surface area contributed by atoms with Crippen LogP contribution in [0.1, 0.15) is 38.5 Å². The molecule has 0 spiro atoms. The van der Waals surface area contributed by atoms with E-state index in [9.17, 15) is 14.4 Å². The first-order valence-corrected chi connectivity index (χ1v) is 6.43. The number of primary amides is 1. The summed E-state index contributed by atoms with van der Waals surface area (Å²) in [4.78, 5) is 33.9. The van der Waals surface area contributed by atoms with Gasteiger partial charge in [-0.2, -0.15) is 0 Å². The first-order valence-electron chi connectivity index (χ1n) is 6.43. The number of carboxylic acid groups (broad SMARTS) is 1. The van der Waals surface area contributed by atoms with Crippen molar-refractivity contribution in [3.05, 3.63) is 0 Å². The molecule has 1 saturated carbocycles. The third-order valence-corrected chi connectivity index (χ3v) is 3.72. The molecule has 0 heterocycles. The number of carbonyl (C=O) groups excluding carboxylic acids is 2. The third kappa shape index (κ3) is 3.92. The van der Waals surface area contributed by atoms with Gasteiger partial charge in [0.15, 0.2) is 0 Å². The van der Waals surface area contributed by atoms with Crippen LogP contribution >= 0.6 is 0 Å². The lowest BCUT2D eigenvalue weighted by Gasteiger charge is -2.27. The van der Waals surface area contributed by atoms with E-state index in [1.165, 1.54) is 0 Å². The minimum Gasteiger partial charge on any atom is -0.480 e. The Morgan fingerprint density at radius 2 is 1.84 bits per heavy atom. The van der Waals surface area contributed by atoms with Gasteiger partial charge in [0.05, 0.1) is 5.41 Å². The monoisotopic (exact) mass is 271 g/mol. The quantitative estimate of drug-likeness (QED) is 0.487. The van der Waals surface area contributed by atoms with Crippen LogP contribution in [0.15, 0.2) is 0 Å². The second-order valence-corrected chi connectivity index (χ2v) is 5.06. The number of hydrogen-bond acceptors (Lipinski definition) is 4. The maximum atomic E-state index is 12.2. The molecule has 0 aromatic heterocycles. The number of amides is 2. The Hall–Kier alpha value is -1.63. The molecule has 6 N–H and O–H groups in total. The van der Waals surface area contributed by atoms with Crippen molar-refractivity contribution in [1.29, 1.82) is 0 Å². The summed E-state index contributed by atoms with van der Waals surface area (Å²) in [7, 11) is 0. The Morgan fingerprint density at radius 1 is 1.26 bits per heavy atom. The van der Waals surface area contributed by atoms with Crippen LogP contribution in [0.2, 0.25) is 0 Å². The van der Waals surface area contributed by atoms with Gasteiger partial charge >= 0.3 is 5.97 Å². The van der Waals surface area contributed by atoms with E-state index in [0.717, 1.165) is 12.8 Å². The highest BCUT2D eigenvalue weighted by molar-refractivity contribution is 5.88. The highest BCUT2D eigenvalue weighted by Gasteiger charge is 2.41. The van der Waals surface area contributed by atoms with Crippen molar-refractivity contribution in [3.63, 3.8) is 0 Å². The molecule has 0 radical (unpaired) electrons. The summed E-state index contributed by atoms with van der Waals surface area (Å²) < 4.78 is 0. The van der Waals surface area contributed by atoms with Crippen molar-refractivity contribution in [3.8, 4) is 0 Å². The van der Waals surface area contributed by atoms with Gasteiger partial charge in [-0.05, 0) is 19.3 Å². The second kappa shape index (κ2) is 6.51. The zero-order chi connectivity index (χ0) is 14.5. The average molecular weight is 271 g/mol. The van der Waals surface area contributed by atoms with Crippen molar-refractivity contribution >= 4 is 17.8 Å². The molecule has 1 aliphatic carbocycles. The summed E-state index contributed by atoms with van der Waals surface area (Å²) in [6.07, 6.45) is 3.12. The maximum absolute atomic E-state index is 12.2. The first kappa shape index (κ1) is 15.4. The molecular weight excluding hydrogens is 250 g/mol. The molecule has 108 valence electrons. The zero-order valence-corrected chi connectivity index (χ0v) is 10.9. The van der Waals surface area contributed by atoms with Gasteiger partial charge < -0.3 is 21.9 Å². The number of nitrogens with two attached hydrogens (primary N) is 2. The molecular formula is C12H21N3O4. The molecule has 0 aromatic rings. The predicted octanol–water partition coefficient (Wildman–Crippen LogP) is -0.660. The first-order chi connectivity index (χ1) is 8.91. The number of carboxylic acids is 1. The SMILES string of the molecule is NCC1(C(=O)N[C@H](CCC(N)=O)C(=O)O)CCCC1. The summed E-state index contributed by atoms with van der Waals surface area (Å²) in [5.74, 6) is -2.08. The topological polar surface area (TPSA) is 136 Å². The fraction of sp³-hybridized carbons (Fsp3) is 0.750. The van der Waals surface area contributed by atoms with Crippen molar-refractivity contribution in [2.45, 2.75) is 44.6 Å². The molecule has 7 heteroatoms. The fourth-order valence-electron chi connectivity index (χ4n) is 2.43. The Labute approximate surface area is 111 Å². The molecule has 0 aliphatic heterocycles. The van der Waals surface area contributed by atoms with E-state index in [0.29, 0.717) is 12.8 Å². The highest BCUT2D eigenvalue weighted by Crippen LogP contribution is 2.37. The van der Waals surface area contributed by atoms with Crippen molar-refractivity contribution in [2.75, 3.05) is 6.54 Å². The second-order valence-electron chi connectivity index (χ2n) is 5.06. The van der Waals surface area contributed by atoms with Gasteiger partial charge in [0, 0.05) is 13.0 Å². The molecule has 1 rings (SSSR count). The molecule has 19 heavy (non-hydrogen) atoms. The standard InChI is InChI=1S/C12H21N3O4/c13-7-12(5-1-2-6-12)11(19)15-8(10(17)18)3-4-9(14)16/h8H,1-7,13H2,(H2,14,16)(H,15,19)(H,17,18)/t8-/m1/s1. The normalized spacial score (nSPS) is 18.8. The molecule has 0 aromatic carbocycles. The molecule has 0 bridgehead atoms. The minimum absolute atomic E-state index is 0.00292. The van der Waals surface area contributed by atoms with Gasteiger partial charge in [-0.15, -0.1) is 0 Å². The summed E-state index contributed by atoms with van der Waals surface area (Å²) >= 11 is 0. The number of nitrogens with one attached hydrogen (secondary N) is 1. The third-order valence-electron chi connectivity index (χ3n) is 3.72. The van der Waals surface area contributed by atoms with E-state index in [2.05, 4.69) is 5.32 Å². The molecule has 0 unspecified atom stereocenters. The largest absolute Gasteiger partial charge is 0.480 e. The minimum atomic E-state index is -1.17. The van der Waals surface area contributed by atoms with Gasteiger partial charge in [-0.3, -0.25) is 9.59 Å². The summed E-state index contributed by atoms with van der Waals surface area (Å²) in [5, 5.41) is 11.5.